The van der Waals surface area contributed by atoms with Gasteiger partial charge in [-0.05, 0) is 19.3 Å². The SMILES string of the molecule is C/C(=N\OCCC(C)C)c1cnc(S(=O)(=O)CCC(F)=C(F)F)s1. The molecule has 0 unspecified atom stereocenters. The summed E-state index contributed by atoms with van der Waals surface area (Å²) < 4.78 is 60.4. The van der Waals surface area contributed by atoms with Crippen LogP contribution < -0.4 is 0 Å². The summed E-state index contributed by atoms with van der Waals surface area (Å²) in [5.74, 6) is -2.03. The topological polar surface area (TPSA) is 68.6 Å². The predicted octanol–water partition coefficient (Wildman–Crippen LogP) is 4.17. The first-order valence-electron chi connectivity index (χ1n) is 7.18. The second-order valence-electron chi connectivity index (χ2n) is 5.42. The minimum Gasteiger partial charge on any atom is -0.396 e. The molecule has 136 valence electrons. The maximum absolute atomic E-state index is 12.7. The number of sulfone groups is 1. The Hall–Kier alpha value is -1.42. The van der Waals surface area contributed by atoms with Crippen molar-refractivity contribution in [3.8, 4) is 0 Å². The van der Waals surface area contributed by atoms with Gasteiger partial charge >= 0.3 is 6.08 Å². The van der Waals surface area contributed by atoms with Gasteiger partial charge in [-0.15, -0.1) is 11.3 Å². The molecule has 0 aromatic carbocycles. The van der Waals surface area contributed by atoms with Gasteiger partial charge in [0.2, 0.25) is 14.2 Å². The number of oxime groups is 1. The molecule has 1 heterocycles. The van der Waals surface area contributed by atoms with E-state index in [0.29, 0.717) is 23.1 Å². The molecule has 0 radical (unpaired) electrons. The molecule has 0 bridgehead atoms. The van der Waals surface area contributed by atoms with Gasteiger partial charge < -0.3 is 4.84 Å². The smallest absolute Gasteiger partial charge is 0.301 e. The largest absolute Gasteiger partial charge is 0.396 e. The first-order chi connectivity index (χ1) is 11.1. The van der Waals surface area contributed by atoms with Crippen molar-refractivity contribution in [2.75, 3.05) is 12.4 Å². The van der Waals surface area contributed by atoms with Crippen molar-refractivity contribution >= 4 is 26.9 Å². The van der Waals surface area contributed by atoms with Gasteiger partial charge in [-0.1, -0.05) is 19.0 Å². The molecular formula is C14H19F3N2O3S2. The van der Waals surface area contributed by atoms with Gasteiger partial charge in [-0.3, -0.25) is 0 Å². The van der Waals surface area contributed by atoms with Crippen LogP contribution in [0.4, 0.5) is 13.2 Å². The Kier molecular flexibility index (Phi) is 7.88. The number of hydrogen-bond acceptors (Lipinski definition) is 6. The Morgan fingerprint density at radius 2 is 2.04 bits per heavy atom. The van der Waals surface area contributed by atoms with E-state index in [0.717, 1.165) is 17.8 Å². The maximum Gasteiger partial charge on any atom is 0.301 e. The lowest BCUT2D eigenvalue weighted by Crippen LogP contribution is -2.06. The van der Waals surface area contributed by atoms with Crippen LogP contribution in [0.1, 0.15) is 38.5 Å². The fraction of sp³-hybridized carbons (Fsp3) is 0.571. The average Bonchev–Trinajstić information content (AvgIpc) is 2.99. The third-order valence-corrected chi connectivity index (χ3v) is 6.18. The fourth-order valence-electron chi connectivity index (χ4n) is 1.45. The molecule has 0 aliphatic heterocycles. The van der Waals surface area contributed by atoms with E-state index < -0.39 is 33.9 Å². The molecule has 0 saturated carbocycles. The summed E-state index contributed by atoms with van der Waals surface area (Å²) in [6, 6.07) is 0. The molecule has 0 amide bonds. The molecule has 0 atom stereocenters. The van der Waals surface area contributed by atoms with Gasteiger partial charge in [0.15, 0.2) is 5.83 Å². The van der Waals surface area contributed by atoms with Gasteiger partial charge in [-0.25, -0.2) is 17.8 Å². The maximum atomic E-state index is 12.7. The molecule has 0 aliphatic rings. The summed E-state index contributed by atoms with van der Waals surface area (Å²) in [6.07, 6.45) is -1.25. The highest BCUT2D eigenvalue weighted by Crippen LogP contribution is 2.23. The Bertz CT molecular complexity index is 709. The van der Waals surface area contributed by atoms with Crippen LogP contribution in [0.5, 0.6) is 0 Å². The van der Waals surface area contributed by atoms with Gasteiger partial charge in [-0.2, -0.15) is 8.78 Å². The molecular weight excluding hydrogens is 365 g/mol. The lowest BCUT2D eigenvalue weighted by atomic mass is 10.1. The summed E-state index contributed by atoms with van der Waals surface area (Å²) in [6.45, 7) is 6.18. The van der Waals surface area contributed by atoms with Crippen LogP contribution in [0.3, 0.4) is 0 Å². The number of rotatable bonds is 9. The van der Waals surface area contributed by atoms with E-state index in [-0.39, 0.29) is 4.34 Å². The van der Waals surface area contributed by atoms with Crippen LogP contribution in [0.15, 0.2) is 27.6 Å². The minimum absolute atomic E-state index is 0.263. The summed E-state index contributed by atoms with van der Waals surface area (Å²) in [7, 11) is -3.93. The van der Waals surface area contributed by atoms with Gasteiger partial charge in [0.05, 0.1) is 16.3 Å². The summed E-state index contributed by atoms with van der Waals surface area (Å²) in [4.78, 5) is 9.37. The Morgan fingerprint density at radius 3 is 2.62 bits per heavy atom. The van der Waals surface area contributed by atoms with Crippen molar-refractivity contribution in [1.82, 2.24) is 4.98 Å². The first kappa shape index (κ1) is 20.6. The molecule has 1 rings (SSSR count). The van der Waals surface area contributed by atoms with E-state index in [9.17, 15) is 21.6 Å². The molecule has 5 nitrogen and oxygen atoms in total. The minimum atomic E-state index is -3.93. The third-order valence-electron chi connectivity index (χ3n) is 2.89. The monoisotopic (exact) mass is 384 g/mol. The van der Waals surface area contributed by atoms with Crippen molar-refractivity contribution in [3.05, 3.63) is 23.0 Å². The van der Waals surface area contributed by atoms with Crippen LogP contribution in [0.2, 0.25) is 0 Å². The lowest BCUT2D eigenvalue weighted by molar-refractivity contribution is 0.133. The van der Waals surface area contributed by atoms with Crippen molar-refractivity contribution < 1.29 is 26.4 Å². The molecule has 24 heavy (non-hydrogen) atoms. The summed E-state index contributed by atoms with van der Waals surface area (Å²) in [5, 5.41) is 3.88. The normalized spacial score (nSPS) is 12.5. The quantitative estimate of drug-likeness (QED) is 0.364. The molecule has 10 heteroatoms. The molecule has 0 N–H and O–H groups in total. The second-order valence-corrected chi connectivity index (χ2v) is 8.73. The van der Waals surface area contributed by atoms with Crippen LogP contribution >= 0.6 is 11.3 Å². The molecule has 0 aliphatic carbocycles. The first-order valence-corrected chi connectivity index (χ1v) is 9.65. The Morgan fingerprint density at radius 1 is 1.38 bits per heavy atom. The van der Waals surface area contributed by atoms with Gasteiger partial charge in [0, 0.05) is 12.6 Å². The molecule has 0 saturated heterocycles. The number of nitrogens with zero attached hydrogens (tertiary/aromatic N) is 2. The number of halogens is 3. The Labute approximate surface area is 143 Å². The zero-order valence-electron chi connectivity index (χ0n) is 13.6. The Balaban J connectivity index is 2.73. The molecule has 0 fully saturated rings. The molecule has 0 spiro atoms. The van der Waals surface area contributed by atoms with Gasteiger partial charge in [0.25, 0.3) is 0 Å². The zero-order chi connectivity index (χ0) is 18.3. The van der Waals surface area contributed by atoms with E-state index >= 15 is 0 Å². The number of thiazole rings is 1. The van der Waals surface area contributed by atoms with E-state index in [1.54, 1.807) is 6.92 Å². The van der Waals surface area contributed by atoms with Gasteiger partial charge in [0.1, 0.15) is 6.61 Å². The van der Waals surface area contributed by atoms with E-state index in [1.807, 2.05) is 13.8 Å². The van der Waals surface area contributed by atoms with Crippen LogP contribution in [-0.2, 0) is 14.7 Å². The number of allylic oxidation sites excluding steroid dienone is 1. The van der Waals surface area contributed by atoms with E-state index in [1.165, 1.54) is 6.20 Å². The fourth-order valence-corrected chi connectivity index (χ4v) is 3.90. The predicted molar refractivity (Wildman–Crippen MR) is 86.8 cm³/mol. The standard InChI is InChI=1S/C14H19F3N2O3S2/c1-9(2)4-6-22-19-10(3)12-8-18-14(23-12)24(20,21)7-5-11(15)13(16)17/h8-9H,4-7H2,1-3H3/b19-10+. The third kappa shape index (κ3) is 6.60. The van der Waals surface area contributed by atoms with Crippen LogP contribution in [-0.4, -0.2) is 31.5 Å². The number of aromatic nitrogens is 1. The average molecular weight is 384 g/mol. The summed E-state index contributed by atoms with van der Waals surface area (Å²) in [5.41, 5.74) is 0.457. The van der Waals surface area contributed by atoms with Crippen molar-refractivity contribution in [2.45, 2.75) is 38.0 Å². The molecule has 1 aromatic rings. The second kappa shape index (κ2) is 9.16. The summed E-state index contributed by atoms with van der Waals surface area (Å²) >= 11 is 0.836. The highest BCUT2D eigenvalue weighted by atomic mass is 32.2. The van der Waals surface area contributed by atoms with Crippen LogP contribution in [0.25, 0.3) is 0 Å². The number of hydrogen-bond donors (Lipinski definition) is 0. The highest BCUT2D eigenvalue weighted by Gasteiger charge is 2.21. The van der Waals surface area contributed by atoms with Crippen LogP contribution in [0, 0.1) is 5.92 Å². The highest BCUT2D eigenvalue weighted by molar-refractivity contribution is 7.93. The van der Waals surface area contributed by atoms with Crippen molar-refractivity contribution in [1.29, 1.82) is 0 Å². The van der Waals surface area contributed by atoms with Crippen molar-refractivity contribution in [2.24, 2.45) is 11.1 Å². The molecule has 1 aromatic heterocycles. The zero-order valence-corrected chi connectivity index (χ0v) is 15.2. The van der Waals surface area contributed by atoms with Crippen molar-refractivity contribution in [3.63, 3.8) is 0 Å². The van der Waals surface area contributed by atoms with E-state index in [2.05, 4.69) is 10.1 Å². The lowest BCUT2D eigenvalue weighted by Gasteiger charge is -2.03. The van der Waals surface area contributed by atoms with E-state index in [4.69, 9.17) is 4.84 Å².